The third-order valence-corrected chi connectivity index (χ3v) is 27.2. The molecule has 0 fully saturated rings. The van der Waals surface area contributed by atoms with E-state index in [9.17, 15) is 0 Å². The Morgan fingerprint density at radius 1 is 0.117 bits per heavy atom. The highest BCUT2D eigenvalue weighted by molar-refractivity contribution is 6.23. The highest BCUT2D eigenvalue weighted by Gasteiger charge is 2.26. The van der Waals surface area contributed by atoms with Crippen LogP contribution in [0.1, 0.15) is 0 Å². The number of rotatable bonds is 15. The largest absolute Gasteiger partial charge is 0.456 e. The van der Waals surface area contributed by atoms with Crippen molar-refractivity contribution in [2.45, 2.75) is 0 Å². The fourth-order valence-corrected chi connectivity index (χ4v) is 20.3. The smallest absolute Gasteiger partial charge is 0.164 e. The van der Waals surface area contributed by atoms with Crippen molar-refractivity contribution < 1.29 is 13.3 Å². The zero-order valence-electron chi connectivity index (χ0n) is 78.2. The van der Waals surface area contributed by atoms with E-state index in [4.69, 9.17) is 58.1 Å². The van der Waals surface area contributed by atoms with Crippen LogP contribution in [-0.4, -0.2) is 44.9 Å². The Bertz CT molecular complexity index is 9630. The van der Waals surface area contributed by atoms with Crippen LogP contribution in [0.3, 0.4) is 0 Å². The molecule has 0 aliphatic carbocycles. The topological polar surface area (TPSA) is 155 Å². The van der Waals surface area contributed by atoms with E-state index in [0.717, 1.165) is 144 Å². The lowest BCUT2D eigenvalue weighted by atomic mass is 9.84. The van der Waals surface area contributed by atoms with Crippen molar-refractivity contribution in [2.75, 3.05) is 0 Å². The maximum Gasteiger partial charge on any atom is 0.164 e. The van der Waals surface area contributed by atoms with Gasteiger partial charge < -0.3 is 13.3 Å². The molecule has 145 heavy (non-hydrogen) atoms. The molecule has 0 bridgehead atoms. The van der Waals surface area contributed by atoms with Crippen molar-refractivity contribution in [3.63, 3.8) is 0 Å². The van der Waals surface area contributed by atoms with Gasteiger partial charge in [-0.15, -0.1) is 0 Å². The van der Waals surface area contributed by atoms with Gasteiger partial charge in [0, 0.05) is 82.4 Å². The number of aromatic nitrogens is 9. The summed E-state index contributed by atoms with van der Waals surface area (Å²) in [4.78, 5) is 44.9. The molecule has 0 N–H and O–H groups in total. The van der Waals surface area contributed by atoms with Crippen molar-refractivity contribution in [1.82, 2.24) is 44.9 Å². The molecule has 0 spiro atoms. The van der Waals surface area contributed by atoms with E-state index in [2.05, 4.69) is 285 Å². The van der Waals surface area contributed by atoms with Gasteiger partial charge in [0.05, 0.1) is 0 Å². The predicted molar refractivity (Wildman–Crippen MR) is 593 cm³/mol. The summed E-state index contributed by atoms with van der Waals surface area (Å²) in [6.07, 6.45) is 0. The van der Waals surface area contributed by atoms with Gasteiger partial charge in [0.2, 0.25) is 0 Å². The van der Waals surface area contributed by atoms with Gasteiger partial charge in [-0.2, -0.15) is 0 Å². The molecular formula is C133H83N9O3. The molecule has 6 heterocycles. The lowest BCUT2D eigenvalue weighted by molar-refractivity contribution is 0.668. The first-order valence-electron chi connectivity index (χ1n) is 48.5. The van der Waals surface area contributed by atoms with Gasteiger partial charge in [-0.05, 0) is 177 Å². The Hall–Kier alpha value is -19.7. The summed E-state index contributed by atoms with van der Waals surface area (Å²) < 4.78 is 19.3. The summed E-state index contributed by atoms with van der Waals surface area (Å²) >= 11 is 0. The molecule has 0 aliphatic rings. The molecule has 12 nitrogen and oxygen atoms in total. The van der Waals surface area contributed by atoms with Crippen LogP contribution < -0.4 is 0 Å². The van der Waals surface area contributed by atoms with Gasteiger partial charge in [0.15, 0.2) is 52.4 Å². The summed E-state index contributed by atoms with van der Waals surface area (Å²) in [7, 11) is 0. The molecule has 12 heteroatoms. The Labute approximate surface area is 834 Å². The third kappa shape index (κ3) is 16.4. The molecule has 0 unspecified atom stereocenters. The molecule has 678 valence electrons. The van der Waals surface area contributed by atoms with E-state index >= 15 is 0 Å². The van der Waals surface area contributed by atoms with Gasteiger partial charge in [0.1, 0.15) is 33.5 Å². The van der Waals surface area contributed by atoms with Crippen molar-refractivity contribution in [3.05, 3.63) is 504 Å². The quantitative estimate of drug-likeness (QED) is 0.0897. The molecular weight excluding hydrogens is 1770 g/mol. The Morgan fingerprint density at radius 2 is 0.372 bits per heavy atom. The normalized spacial score (nSPS) is 11.4. The van der Waals surface area contributed by atoms with Crippen molar-refractivity contribution in [1.29, 1.82) is 0 Å². The number of fused-ring (bicyclic) bond motifs is 14. The molecule has 28 aromatic rings. The molecule has 0 aliphatic heterocycles. The number of hydrogen-bond acceptors (Lipinski definition) is 12. The zero-order valence-corrected chi connectivity index (χ0v) is 78.2. The lowest BCUT2D eigenvalue weighted by Gasteiger charge is -2.18. The van der Waals surface area contributed by atoms with E-state index in [1.165, 1.54) is 82.0 Å². The first kappa shape index (κ1) is 85.7. The molecule has 0 amide bonds. The van der Waals surface area contributed by atoms with E-state index in [1.807, 2.05) is 218 Å². The second-order valence-electron chi connectivity index (χ2n) is 36.0. The van der Waals surface area contributed by atoms with Crippen LogP contribution in [0.4, 0.5) is 0 Å². The number of nitrogens with zero attached hydrogens (tertiary/aromatic N) is 9. The zero-order chi connectivity index (χ0) is 96.0. The average molecular weight is 1860 g/mol. The van der Waals surface area contributed by atoms with E-state index in [0.29, 0.717) is 52.4 Å². The van der Waals surface area contributed by atoms with Crippen LogP contribution >= 0.6 is 0 Å². The Morgan fingerprint density at radius 3 is 0.779 bits per heavy atom. The minimum Gasteiger partial charge on any atom is -0.456 e. The van der Waals surface area contributed by atoms with Crippen LogP contribution in [-0.2, 0) is 0 Å². The van der Waals surface area contributed by atoms with Gasteiger partial charge in [-0.25, -0.2) is 44.9 Å². The summed E-state index contributed by atoms with van der Waals surface area (Å²) in [6, 6.07) is 174. The molecule has 0 saturated heterocycles. The highest BCUT2D eigenvalue weighted by atomic mass is 16.3. The Balaban J connectivity index is 0.000000111. The third-order valence-electron chi connectivity index (χ3n) is 27.2. The molecule has 22 aromatic carbocycles. The summed E-state index contributed by atoms with van der Waals surface area (Å²) in [6.45, 7) is 0. The molecule has 28 rings (SSSR count). The summed E-state index contributed by atoms with van der Waals surface area (Å²) in [5.74, 6) is 5.58. The number of benzene rings is 22. The molecule has 6 aromatic heterocycles. The Kier molecular flexibility index (Phi) is 22.0. The van der Waals surface area contributed by atoms with Gasteiger partial charge in [-0.1, -0.05) is 437 Å². The van der Waals surface area contributed by atoms with Crippen LogP contribution in [0.5, 0.6) is 0 Å². The predicted octanol–water partition coefficient (Wildman–Crippen LogP) is 34.9. The van der Waals surface area contributed by atoms with E-state index in [1.54, 1.807) is 0 Å². The SMILES string of the molecule is c1ccc(-c2nc(-c3ccccc3)nc(-c3cccc4oc5ccc(-c6c(-c7ccccc7)c7ccccc7c7ccccc67)cc5c34)n2)cc1.c1ccc(-c2nc(-c3ccccc3)nc(-c3cccc4oc5ccc(-c6ccc(-c7ccc8ccccc8c7)cc6)cc5c34)n2)cc1.c1ccc(-c2nc(-c3ccccc3)nc(-c3cccc4oc5ccc(-c6cccc(-c7cccc8ccccc78)c6)cc5c34)n2)cc1. The van der Waals surface area contributed by atoms with Crippen molar-refractivity contribution in [2.24, 2.45) is 0 Å². The average Bonchev–Trinajstić information content (AvgIpc) is 1.11. The second kappa shape index (κ2) is 37.2. The van der Waals surface area contributed by atoms with Crippen LogP contribution in [0.15, 0.2) is 517 Å². The highest BCUT2D eigenvalue weighted by Crippen LogP contribution is 2.49. The van der Waals surface area contributed by atoms with Crippen molar-refractivity contribution >= 4 is 109 Å². The van der Waals surface area contributed by atoms with Gasteiger partial charge in [-0.3, -0.25) is 0 Å². The minimum atomic E-state index is 0.600. The van der Waals surface area contributed by atoms with Gasteiger partial charge >= 0.3 is 0 Å². The monoisotopic (exact) mass is 1850 g/mol. The van der Waals surface area contributed by atoms with Crippen LogP contribution in [0.2, 0.25) is 0 Å². The summed E-state index contributed by atoms with van der Waals surface area (Å²) in [5, 5.41) is 15.9. The lowest BCUT2D eigenvalue weighted by Crippen LogP contribution is -2.00. The first-order valence-corrected chi connectivity index (χ1v) is 48.5. The molecule has 0 atom stereocenters. The molecule has 0 saturated carbocycles. The number of hydrogen-bond donors (Lipinski definition) is 0. The fourth-order valence-electron chi connectivity index (χ4n) is 20.3. The van der Waals surface area contributed by atoms with Crippen LogP contribution in [0, 0.1) is 0 Å². The fraction of sp³-hybridized carbons (Fsp3) is 0. The maximum absolute atomic E-state index is 6.54. The van der Waals surface area contributed by atoms with E-state index < -0.39 is 0 Å². The number of furan rings is 3. The van der Waals surface area contributed by atoms with E-state index in [-0.39, 0.29) is 0 Å². The van der Waals surface area contributed by atoms with Crippen molar-refractivity contribution in [3.8, 4) is 169 Å². The standard InChI is InChI=1S/C47H29N3O.2C43H27N3O/c1-4-15-30(16-5-1)42-36-23-12-10-21-34(36)35-22-11-13-24-37(35)43(42)33-27-28-40-39(29-33)44-38(25-14-26-41(44)51-40)47-49-45(31-17-6-2-7-18-31)48-46(50-47)32-19-8-3-9-20-32;1-3-13-29(14-4-1)41-44-42(30-15-5-2-6-16-30)46-43(45-41)36-22-11-23-39-40(36)37-27-32(24-25-38(37)47-39)31-18-9-19-33(26-31)35-21-10-17-28-12-7-8-20-34(28)35;1-3-11-31(12-4-1)41-44-42(32-13-5-2-6-14-32)46-43(45-41)36-16-9-17-39-40(36)37-27-35(24-25-38(37)47-39)30-20-18-29(19-21-30)34-23-22-28-10-7-8-15-33(28)26-34/h1-29H;2*1-27H. The van der Waals surface area contributed by atoms with Crippen LogP contribution in [0.25, 0.3) is 278 Å². The summed E-state index contributed by atoms with van der Waals surface area (Å²) in [5.41, 5.74) is 27.2. The maximum atomic E-state index is 6.54. The second-order valence-corrected chi connectivity index (χ2v) is 36.0. The minimum absolute atomic E-state index is 0.600. The molecule has 0 radical (unpaired) electrons. The van der Waals surface area contributed by atoms with Gasteiger partial charge in [0.25, 0.3) is 0 Å². The first-order chi connectivity index (χ1) is 71.8.